The monoisotopic (exact) mass is 853 g/mol. The Labute approximate surface area is 359 Å². The van der Waals surface area contributed by atoms with Gasteiger partial charge in [0, 0.05) is 54.4 Å². The first-order chi connectivity index (χ1) is 29.1. The second kappa shape index (κ2) is 16.7. The Bertz CT molecular complexity index is 2310. The number of benzene rings is 2. The number of piperidine rings is 1. The van der Waals surface area contributed by atoms with Crippen molar-refractivity contribution in [3.63, 3.8) is 0 Å². The van der Waals surface area contributed by atoms with Gasteiger partial charge in [-0.3, -0.25) is 23.9 Å². The van der Waals surface area contributed by atoms with Crippen LogP contribution in [0.25, 0.3) is 22.2 Å². The first-order valence-corrected chi connectivity index (χ1v) is 23.5. The molecule has 0 spiro atoms. The van der Waals surface area contributed by atoms with Gasteiger partial charge in [0.05, 0.1) is 36.0 Å². The molecule has 3 saturated carbocycles. The van der Waals surface area contributed by atoms with Gasteiger partial charge in [-0.1, -0.05) is 70.0 Å². The van der Waals surface area contributed by atoms with Gasteiger partial charge in [0.1, 0.15) is 29.2 Å². The molecule has 3 aliphatic carbocycles. The fourth-order valence-electron chi connectivity index (χ4n) is 9.92. The lowest BCUT2D eigenvalue weighted by Gasteiger charge is -2.45. The summed E-state index contributed by atoms with van der Waals surface area (Å²) < 4.78 is 40.3. The molecule has 13 nitrogen and oxygen atoms in total. The van der Waals surface area contributed by atoms with Gasteiger partial charge in [0.15, 0.2) is 0 Å². The maximum atomic E-state index is 15.2. The average molecular weight is 854 g/mol. The Morgan fingerprint density at radius 2 is 1.72 bits per heavy atom. The van der Waals surface area contributed by atoms with E-state index in [1.54, 1.807) is 13.2 Å². The van der Waals surface area contributed by atoms with Crippen LogP contribution in [0.1, 0.15) is 91.4 Å². The normalized spacial score (nSPS) is 26.8. The standard InChI is InChI=1S/C47H59N5O8S/c1-6-31-27-47(31,45(56)50-61(57,58)34-19-20-34)49-43(54)40-24-33(60-41-26-37(29-13-8-7-9-14-29)48-38-23-32(59-5)18-21-35(38)41)28-52(40)44(55)36(46(2,3)4)25-42(53)51-22-12-16-30-15-10-11-17-39(30)51/h6-9,13-14,18,21,23,26,30-31,33-34,36,39-40H,1,10-12,15-17,19-20,22,24-25,27-28H2,2-5H3,(H,49,54)(H,50,56)/t30?,31-,33-,36-,39?,40+,47-/m1/s1. The number of methoxy groups -OCH3 is 1. The number of fused-ring (bicyclic) bond motifs is 2. The van der Waals surface area contributed by atoms with Gasteiger partial charge in [-0.2, -0.15) is 0 Å². The Hall–Kier alpha value is -4.98. The van der Waals surface area contributed by atoms with Crippen LogP contribution in [0.4, 0.5) is 0 Å². The highest BCUT2D eigenvalue weighted by atomic mass is 32.2. The number of amides is 4. The number of likely N-dealkylation sites (tertiary alicyclic amines) is 2. The first kappa shape index (κ1) is 42.7. The van der Waals surface area contributed by atoms with Gasteiger partial charge in [-0.25, -0.2) is 13.4 Å². The highest BCUT2D eigenvalue weighted by Gasteiger charge is 2.62. The van der Waals surface area contributed by atoms with Crippen molar-refractivity contribution in [2.45, 2.75) is 120 Å². The van der Waals surface area contributed by atoms with E-state index in [1.807, 2.05) is 80.3 Å². The van der Waals surface area contributed by atoms with Gasteiger partial charge in [-0.15, -0.1) is 6.58 Å². The van der Waals surface area contributed by atoms with E-state index in [0.29, 0.717) is 53.4 Å². The topological polar surface area (TPSA) is 164 Å². The zero-order chi connectivity index (χ0) is 43.3. The third kappa shape index (κ3) is 8.74. The minimum Gasteiger partial charge on any atom is -0.497 e. The predicted octanol–water partition coefficient (Wildman–Crippen LogP) is 6.16. The molecule has 2 aromatic carbocycles. The number of rotatable bonds is 13. The van der Waals surface area contributed by atoms with Crippen molar-refractivity contribution in [2.24, 2.45) is 23.2 Å². The number of pyridine rings is 1. The minimum atomic E-state index is -3.90. The van der Waals surface area contributed by atoms with Crippen molar-refractivity contribution < 1.29 is 37.1 Å². The molecule has 2 aliphatic heterocycles. The molecule has 8 rings (SSSR count). The molecule has 2 unspecified atom stereocenters. The van der Waals surface area contributed by atoms with E-state index in [4.69, 9.17) is 14.5 Å². The first-order valence-electron chi connectivity index (χ1n) is 21.9. The number of aromatic nitrogens is 1. The van der Waals surface area contributed by atoms with Gasteiger partial charge in [0.25, 0.3) is 5.91 Å². The largest absolute Gasteiger partial charge is 0.497 e. The number of hydrogen-bond acceptors (Lipinski definition) is 9. The molecule has 1 aromatic heterocycles. The molecule has 5 fully saturated rings. The summed E-state index contributed by atoms with van der Waals surface area (Å²) in [5, 5.41) is 2.98. The molecule has 3 heterocycles. The molecule has 2 N–H and O–H groups in total. The van der Waals surface area contributed by atoms with Crippen molar-refractivity contribution in [2.75, 3.05) is 20.2 Å². The maximum Gasteiger partial charge on any atom is 0.259 e. The van der Waals surface area contributed by atoms with Gasteiger partial charge in [0.2, 0.25) is 27.7 Å². The summed E-state index contributed by atoms with van der Waals surface area (Å²) in [6, 6.07) is 16.2. The molecule has 4 amide bonds. The summed E-state index contributed by atoms with van der Waals surface area (Å²) in [6.45, 7) is 10.4. The van der Waals surface area contributed by atoms with Crippen LogP contribution in [-0.2, 0) is 29.2 Å². The van der Waals surface area contributed by atoms with E-state index in [-0.39, 0.29) is 43.7 Å². The van der Waals surface area contributed by atoms with E-state index in [9.17, 15) is 22.8 Å². The molecule has 0 bridgehead atoms. The van der Waals surface area contributed by atoms with Crippen LogP contribution in [-0.4, -0.2) is 96.0 Å². The minimum absolute atomic E-state index is 0.00306. The lowest BCUT2D eigenvalue weighted by atomic mass is 9.75. The molecular formula is C47H59N5O8S. The fraction of sp³-hybridized carbons (Fsp3) is 0.553. The van der Waals surface area contributed by atoms with Crippen LogP contribution in [0.5, 0.6) is 11.5 Å². The van der Waals surface area contributed by atoms with Gasteiger partial charge >= 0.3 is 0 Å². The molecule has 2 saturated heterocycles. The van der Waals surface area contributed by atoms with Crippen LogP contribution >= 0.6 is 0 Å². The predicted molar refractivity (Wildman–Crippen MR) is 232 cm³/mol. The molecule has 5 aliphatic rings. The van der Waals surface area contributed by atoms with Gasteiger partial charge in [-0.05, 0) is 68.4 Å². The Morgan fingerprint density at radius 3 is 2.41 bits per heavy atom. The van der Waals surface area contributed by atoms with Crippen molar-refractivity contribution >= 4 is 44.6 Å². The summed E-state index contributed by atoms with van der Waals surface area (Å²) in [4.78, 5) is 66.3. The van der Waals surface area contributed by atoms with Crippen LogP contribution in [0.3, 0.4) is 0 Å². The maximum absolute atomic E-state index is 15.2. The van der Waals surface area contributed by atoms with E-state index in [2.05, 4.69) is 16.6 Å². The molecule has 3 aromatic rings. The van der Waals surface area contributed by atoms with Crippen molar-refractivity contribution in [3.05, 3.63) is 67.3 Å². The summed E-state index contributed by atoms with van der Waals surface area (Å²) in [7, 11) is -2.32. The smallest absolute Gasteiger partial charge is 0.259 e. The van der Waals surface area contributed by atoms with E-state index >= 15 is 4.79 Å². The summed E-state index contributed by atoms with van der Waals surface area (Å²) in [5.41, 5.74) is -0.0133. The second-order valence-corrected chi connectivity index (χ2v) is 20.8. The fourth-order valence-corrected chi connectivity index (χ4v) is 11.3. The number of hydrogen-bond donors (Lipinski definition) is 2. The molecule has 0 radical (unpaired) electrons. The zero-order valence-electron chi connectivity index (χ0n) is 35.7. The van der Waals surface area contributed by atoms with Gasteiger partial charge < -0.3 is 24.6 Å². The third-order valence-electron chi connectivity index (χ3n) is 13.7. The lowest BCUT2D eigenvalue weighted by Crippen LogP contribution is -2.57. The zero-order valence-corrected chi connectivity index (χ0v) is 36.5. The number of carbonyl (C=O) groups is 4. The van der Waals surface area contributed by atoms with Crippen LogP contribution in [0.2, 0.25) is 0 Å². The number of ether oxygens (including phenoxy) is 2. The highest BCUT2D eigenvalue weighted by Crippen LogP contribution is 2.46. The van der Waals surface area contributed by atoms with Crippen LogP contribution in [0, 0.1) is 23.2 Å². The van der Waals surface area contributed by atoms with Crippen molar-refractivity contribution in [1.82, 2.24) is 24.8 Å². The quantitative estimate of drug-likeness (QED) is 0.192. The lowest BCUT2D eigenvalue weighted by molar-refractivity contribution is -0.150. The van der Waals surface area contributed by atoms with Crippen molar-refractivity contribution in [1.29, 1.82) is 0 Å². The number of nitrogens with one attached hydrogen (secondary N) is 2. The van der Waals surface area contributed by atoms with E-state index < -0.39 is 62.0 Å². The van der Waals surface area contributed by atoms with Crippen LogP contribution < -0.4 is 19.5 Å². The van der Waals surface area contributed by atoms with E-state index in [0.717, 1.165) is 37.7 Å². The summed E-state index contributed by atoms with van der Waals surface area (Å²) >= 11 is 0. The Balaban J connectivity index is 1.11. The number of carbonyl (C=O) groups excluding carboxylic acids is 4. The van der Waals surface area contributed by atoms with Crippen LogP contribution in [0.15, 0.2) is 67.3 Å². The molecule has 7 atom stereocenters. The molecular weight excluding hydrogens is 795 g/mol. The molecule has 326 valence electrons. The molecule has 14 heteroatoms. The Morgan fingerprint density at radius 1 is 0.984 bits per heavy atom. The number of sulfonamides is 1. The summed E-state index contributed by atoms with van der Waals surface area (Å²) in [5.74, 6) is -1.45. The van der Waals surface area contributed by atoms with E-state index in [1.165, 1.54) is 11.3 Å². The molecule has 61 heavy (non-hydrogen) atoms. The summed E-state index contributed by atoms with van der Waals surface area (Å²) in [6.07, 6.45) is 8.48. The number of nitrogens with zero attached hydrogens (tertiary/aromatic N) is 3. The van der Waals surface area contributed by atoms with Crippen molar-refractivity contribution in [3.8, 4) is 22.8 Å². The third-order valence-corrected chi connectivity index (χ3v) is 15.5. The average Bonchev–Trinajstić information content (AvgIpc) is 4.18. The second-order valence-electron chi connectivity index (χ2n) is 18.9. The highest BCUT2D eigenvalue weighted by molar-refractivity contribution is 7.91. The Kier molecular flexibility index (Phi) is 11.7. The SMILES string of the molecule is C=C[C@@H]1C[C@]1(NC(=O)[C@@H]1C[C@@H](Oc2cc(-c3ccccc3)nc3cc(OC)ccc23)CN1C(=O)[C@@H](CC(=O)N1CCCC2CCCCC21)C(C)(C)C)C(=O)NS(=O)(=O)C1CC1.